The molecule has 194 valence electrons. The number of aromatic nitrogens is 2. The van der Waals surface area contributed by atoms with E-state index in [1.54, 1.807) is 27.0 Å². The number of aliphatic hydroxyl groups is 1. The van der Waals surface area contributed by atoms with E-state index >= 15 is 0 Å². The lowest BCUT2D eigenvalue weighted by molar-refractivity contribution is -0.174. The highest BCUT2D eigenvalue weighted by Gasteiger charge is 2.28. The number of allylic oxidation sites excluding steroid dienone is 1. The van der Waals surface area contributed by atoms with Gasteiger partial charge in [-0.25, -0.2) is 4.39 Å². The van der Waals surface area contributed by atoms with Crippen molar-refractivity contribution in [1.82, 2.24) is 9.97 Å². The molecule has 0 aliphatic rings. The van der Waals surface area contributed by atoms with Crippen LogP contribution >= 0.6 is 0 Å². The number of esters is 1. The fraction of sp³-hybridized carbons (Fsp3) is 0.731. The average molecular weight is 483 g/mol. The molecule has 0 radical (unpaired) electrons. The zero-order valence-corrected chi connectivity index (χ0v) is 22.5. The second kappa shape index (κ2) is 12.2. The van der Waals surface area contributed by atoms with E-state index in [9.17, 15) is 14.3 Å². The van der Waals surface area contributed by atoms with Crippen molar-refractivity contribution in [2.24, 2.45) is 11.3 Å². The second-order valence-corrected chi connectivity index (χ2v) is 11.1. The number of nitrogens with zero attached hydrogens (tertiary/aromatic N) is 2. The van der Waals surface area contributed by atoms with Gasteiger partial charge in [-0.2, -0.15) is 0 Å². The van der Waals surface area contributed by atoms with E-state index in [4.69, 9.17) is 14.2 Å². The minimum Gasteiger partial charge on any atom is -0.460 e. The van der Waals surface area contributed by atoms with E-state index in [2.05, 4.69) is 37.7 Å². The molecule has 1 N–H and O–H groups in total. The van der Waals surface area contributed by atoms with Gasteiger partial charge < -0.3 is 19.3 Å². The Balaban J connectivity index is 2.70. The summed E-state index contributed by atoms with van der Waals surface area (Å²) in [6, 6.07) is 0. The van der Waals surface area contributed by atoms with E-state index < -0.39 is 29.4 Å². The quantitative estimate of drug-likeness (QED) is 0.336. The largest absolute Gasteiger partial charge is 0.460 e. The average Bonchev–Trinajstić information content (AvgIpc) is 2.65. The number of carbonyl (C=O) groups excluding carboxylic acids is 1. The number of hydrogen-bond acceptors (Lipinski definition) is 7. The molecule has 0 amide bonds. The molecule has 0 fully saturated rings. The van der Waals surface area contributed by atoms with Gasteiger partial charge in [-0.15, -0.1) is 0 Å². The van der Waals surface area contributed by atoms with Crippen LogP contribution in [0, 0.1) is 18.3 Å². The van der Waals surface area contributed by atoms with Crippen LogP contribution in [0.15, 0.2) is 11.8 Å². The summed E-state index contributed by atoms with van der Waals surface area (Å²) >= 11 is 0. The summed E-state index contributed by atoms with van der Waals surface area (Å²) in [5.74, 6) is -3.18. The summed E-state index contributed by atoms with van der Waals surface area (Å²) in [4.78, 5) is 21.4. The van der Waals surface area contributed by atoms with Crippen molar-refractivity contribution in [3.8, 4) is 0 Å². The minimum atomic E-state index is -1.88. The summed E-state index contributed by atoms with van der Waals surface area (Å²) in [5, 5.41) is 10.5. The smallest absolute Gasteiger partial charge is 0.314 e. The van der Waals surface area contributed by atoms with E-state index in [-0.39, 0.29) is 31.7 Å². The maximum absolute atomic E-state index is 13.8. The monoisotopic (exact) mass is 482 g/mol. The molecule has 0 bridgehead atoms. The molecule has 8 heteroatoms. The Labute approximate surface area is 204 Å². The van der Waals surface area contributed by atoms with Gasteiger partial charge in [0.25, 0.3) is 0 Å². The number of rotatable bonds is 11. The third-order valence-corrected chi connectivity index (χ3v) is 5.10. The molecule has 0 spiro atoms. The van der Waals surface area contributed by atoms with Gasteiger partial charge in [-0.1, -0.05) is 26.3 Å². The molecule has 1 aromatic heterocycles. The van der Waals surface area contributed by atoms with Gasteiger partial charge in [0.05, 0.1) is 42.6 Å². The minimum absolute atomic E-state index is 0.0156. The van der Waals surface area contributed by atoms with Crippen LogP contribution in [0.25, 0.3) is 6.08 Å². The molecule has 0 saturated heterocycles. The number of halogens is 1. The molecular weight excluding hydrogens is 439 g/mol. The molecule has 34 heavy (non-hydrogen) atoms. The van der Waals surface area contributed by atoms with Crippen molar-refractivity contribution in [2.45, 2.75) is 93.2 Å². The van der Waals surface area contributed by atoms with Crippen LogP contribution < -0.4 is 0 Å². The van der Waals surface area contributed by atoms with Crippen LogP contribution in [-0.4, -0.2) is 52.3 Å². The molecule has 0 aliphatic carbocycles. The topological polar surface area (TPSA) is 90.8 Å². The standard InChI is InChI=1S/C26H43FN2O5/c1-17(24(3,4)5)13-20-18(2)29-21(14-28-20)22(30)11-12-32-15-19(16-33-26(9,10)27)23(31)34-25(6,7)8/h13-14,19,22,30H,11-12,15-16H2,1-10H3/b17-13+. The van der Waals surface area contributed by atoms with Crippen LogP contribution in [0.5, 0.6) is 0 Å². The highest BCUT2D eigenvalue weighted by atomic mass is 19.2. The summed E-state index contributed by atoms with van der Waals surface area (Å²) in [7, 11) is 0. The Hall–Kier alpha value is -1.90. The van der Waals surface area contributed by atoms with Crippen LogP contribution in [-0.2, 0) is 19.0 Å². The van der Waals surface area contributed by atoms with Crippen molar-refractivity contribution >= 4 is 12.0 Å². The predicted octanol–water partition coefficient (Wildman–Crippen LogP) is 5.35. The van der Waals surface area contributed by atoms with Crippen molar-refractivity contribution in [2.75, 3.05) is 19.8 Å². The third kappa shape index (κ3) is 11.5. The molecule has 0 saturated carbocycles. The van der Waals surface area contributed by atoms with Crippen LogP contribution in [0.4, 0.5) is 4.39 Å². The van der Waals surface area contributed by atoms with Gasteiger partial charge in [0.15, 0.2) is 0 Å². The van der Waals surface area contributed by atoms with Gasteiger partial charge in [0.1, 0.15) is 11.5 Å². The maximum Gasteiger partial charge on any atom is 0.314 e. The fourth-order valence-corrected chi connectivity index (χ4v) is 2.67. The molecule has 1 rings (SSSR count). The van der Waals surface area contributed by atoms with Crippen molar-refractivity contribution in [1.29, 1.82) is 0 Å². The zero-order chi connectivity index (χ0) is 26.3. The fourth-order valence-electron chi connectivity index (χ4n) is 2.67. The van der Waals surface area contributed by atoms with E-state index in [0.717, 1.165) is 11.4 Å². The molecular formula is C26H43FN2O5. The normalized spacial score (nSPS) is 15.2. The number of ether oxygens (including phenoxy) is 3. The van der Waals surface area contributed by atoms with Crippen LogP contribution in [0.3, 0.4) is 0 Å². The molecule has 2 unspecified atom stereocenters. The Morgan fingerprint density at radius 3 is 2.26 bits per heavy atom. The molecule has 0 aromatic carbocycles. The number of carbonyl (C=O) groups is 1. The first-order chi connectivity index (χ1) is 15.4. The summed E-state index contributed by atoms with van der Waals surface area (Å²) in [5.41, 5.74) is 2.50. The molecule has 1 aromatic rings. The first-order valence-corrected chi connectivity index (χ1v) is 11.7. The number of aliphatic hydroxyl groups excluding tert-OH is 1. The van der Waals surface area contributed by atoms with Gasteiger partial charge in [0, 0.05) is 13.0 Å². The van der Waals surface area contributed by atoms with Gasteiger partial charge in [-0.3, -0.25) is 14.8 Å². The summed E-state index contributed by atoms with van der Waals surface area (Å²) in [6.45, 7) is 18.1. The Bertz CT molecular complexity index is 835. The Morgan fingerprint density at radius 2 is 1.76 bits per heavy atom. The zero-order valence-electron chi connectivity index (χ0n) is 22.5. The van der Waals surface area contributed by atoms with Crippen LogP contribution in [0.1, 0.15) is 91.9 Å². The lowest BCUT2D eigenvalue weighted by Crippen LogP contribution is -2.35. The lowest BCUT2D eigenvalue weighted by Gasteiger charge is -2.25. The second-order valence-electron chi connectivity index (χ2n) is 11.1. The number of alkyl halides is 1. The highest BCUT2D eigenvalue weighted by molar-refractivity contribution is 5.73. The SMILES string of the molecule is C/C(=C\c1ncc(C(O)CCOCC(COC(C)(C)F)C(=O)OC(C)(C)C)nc1C)C(C)(C)C. The lowest BCUT2D eigenvalue weighted by atomic mass is 9.87. The summed E-state index contributed by atoms with van der Waals surface area (Å²) in [6.07, 6.45) is 2.98. The first-order valence-electron chi connectivity index (χ1n) is 11.7. The highest BCUT2D eigenvalue weighted by Crippen LogP contribution is 2.27. The third-order valence-electron chi connectivity index (χ3n) is 5.10. The van der Waals surface area contributed by atoms with Crippen LogP contribution in [0.2, 0.25) is 0 Å². The Kier molecular flexibility index (Phi) is 10.8. The van der Waals surface area contributed by atoms with E-state index in [1.807, 2.05) is 13.0 Å². The Morgan fingerprint density at radius 1 is 1.15 bits per heavy atom. The van der Waals surface area contributed by atoms with Gasteiger partial charge in [-0.05, 0) is 60.0 Å². The van der Waals surface area contributed by atoms with Crippen molar-refractivity contribution < 1.29 is 28.5 Å². The van der Waals surface area contributed by atoms with Crippen molar-refractivity contribution in [3.63, 3.8) is 0 Å². The van der Waals surface area contributed by atoms with Crippen molar-refractivity contribution in [3.05, 3.63) is 28.9 Å². The van der Waals surface area contributed by atoms with E-state index in [0.29, 0.717) is 5.69 Å². The maximum atomic E-state index is 13.8. The van der Waals surface area contributed by atoms with E-state index in [1.165, 1.54) is 19.4 Å². The molecule has 2 atom stereocenters. The van der Waals surface area contributed by atoms with Gasteiger partial charge in [0.2, 0.25) is 5.85 Å². The number of hydrogen-bond donors (Lipinski definition) is 1. The summed E-state index contributed by atoms with van der Waals surface area (Å²) < 4.78 is 29.9. The van der Waals surface area contributed by atoms with Gasteiger partial charge >= 0.3 is 5.97 Å². The number of aryl methyl sites for hydroxylation is 1. The first kappa shape index (κ1) is 30.1. The molecule has 0 aliphatic heterocycles. The predicted molar refractivity (Wildman–Crippen MR) is 131 cm³/mol. The molecule has 1 heterocycles. The molecule has 7 nitrogen and oxygen atoms in total.